The Labute approximate surface area is 146 Å². The summed E-state index contributed by atoms with van der Waals surface area (Å²) in [6, 6.07) is 4.04. The topological polar surface area (TPSA) is 74.1 Å². The third-order valence-electron chi connectivity index (χ3n) is 3.87. The molecule has 1 aromatic carbocycles. The molecule has 25 heavy (non-hydrogen) atoms. The van der Waals surface area contributed by atoms with Gasteiger partial charge in [-0.2, -0.15) is 5.10 Å². The zero-order chi connectivity index (χ0) is 17.8. The van der Waals surface area contributed by atoms with E-state index in [-0.39, 0.29) is 0 Å². The first-order chi connectivity index (χ1) is 12.2. The number of aryl methyl sites for hydroxylation is 1. The molecule has 0 aliphatic carbocycles. The molecular formula is C18H21N5O2. The van der Waals surface area contributed by atoms with Crippen LogP contribution in [0, 0.1) is 0 Å². The summed E-state index contributed by atoms with van der Waals surface area (Å²) in [5.41, 5.74) is 2.76. The predicted molar refractivity (Wildman–Crippen MR) is 97.1 cm³/mol. The second-order valence-electron chi connectivity index (χ2n) is 5.60. The van der Waals surface area contributed by atoms with Gasteiger partial charge in [0, 0.05) is 25.4 Å². The van der Waals surface area contributed by atoms with Crippen molar-refractivity contribution in [2.45, 2.75) is 13.0 Å². The summed E-state index contributed by atoms with van der Waals surface area (Å²) in [6.45, 7) is 4.40. The number of nitrogens with one attached hydrogen (secondary N) is 1. The van der Waals surface area contributed by atoms with Gasteiger partial charge >= 0.3 is 0 Å². The summed E-state index contributed by atoms with van der Waals surface area (Å²) < 4.78 is 12.7. The normalized spacial score (nSPS) is 10.7. The molecule has 7 heteroatoms. The maximum absolute atomic E-state index is 5.47. The number of anilines is 1. The van der Waals surface area contributed by atoms with E-state index in [1.165, 1.54) is 6.33 Å². The fraction of sp³-hybridized carbons (Fsp3) is 0.278. The third-order valence-corrected chi connectivity index (χ3v) is 3.87. The Morgan fingerprint density at radius 3 is 2.80 bits per heavy atom. The van der Waals surface area contributed by atoms with Gasteiger partial charge < -0.3 is 14.8 Å². The van der Waals surface area contributed by atoms with Crippen LogP contribution >= 0.6 is 0 Å². The quantitative estimate of drug-likeness (QED) is 0.667. The Bertz CT molecular complexity index is 904. The molecule has 0 fully saturated rings. The predicted octanol–water partition coefficient (Wildman–Crippen LogP) is 2.72. The van der Waals surface area contributed by atoms with Gasteiger partial charge in [0.15, 0.2) is 17.1 Å². The summed E-state index contributed by atoms with van der Waals surface area (Å²) in [5, 5.41) is 8.53. The van der Waals surface area contributed by atoms with Gasteiger partial charge in [-0.15, -0.1) is 6.58 Å². The molecule has 0 spiro atoms. The van der Waals surface area contributed by atoms with Crippen LogP contribution in [-0.2, 0) is 20.0 Å². The van der Waals surface area contributed by atoms with E-state index in [0.717, 1.165) is 28.1 Å². The van der Waals surface area contributed by atoms with Crippen molar-refractivity contribution in [2.24, 2.45) is 7.05 Å². The van der Waals surface area contributed by atoms with Crippen molar-refractivity contribution < 1.29 is 9.47 Å². The molecular weight excluding hydrogens is 318 g/mol. The maximum atomic E-state index is 5.47. The van der Waals surface area contributed by atoms with Gasteiger partial charge in [-0.1, -0.05) is 6.08 Å². The molecule has 130 valence electrons. The van der Waals surface area contributed by atoms with Crippen LogP contribution in [0.5, 0.6) is 11.5 Å². The lowest BCUT2D eigenvalue weighted by Gasteiger charge is -2.15. The second-order valence-corrected chi connectivity index (χ2v) is 5.60. The van der Waals surface area contributed by atoms with Gasteiger partial charge in [-0.25, -0.2) is 9.97 Å². The van der Waals surface area contributed by atoms with Crippen molar-refractivity contribution in [1.29, 1.82) is 0 Å². The average Bonchev–Trinajstić information content (AvgIpc) is 3.00. The molecule has 0 amide bonds. The highest BCUT2D eigenvalue weighted by molar-refractivity contribution is 5.85. The number of benzene rings is 1. The monoisotopic (exact) mass is 339 g/mol. The Hall–Kier alpha value is -3.09. The molecule has 0 aliphatic heterocycles. The minimum absolute atomic E-state index is 0.589. The van der Waals surface area contributed by atoms with Crippen LogP contribution in [-0.4, -0.2) is 34.0 Å². The van der Waals surface area contributed by atoms with E-state index in [2.05, 4.69) is 33.0 Å². The van der Waals surface area contributed by atoms with Gasteiger partial charge in [0.05, 0.1) is 19.6 Å². The first-order valence-electron chi connectivity index (χ1n) is 7.89. The highest BCUT2D eigenvalue weighted by atomic mass is 16.5. The molecule has 0 unspecified atom stereocenters. The fourth-order valence-corrected chi connectivity index (χ4v) is 2.79. The molecule has 2 aromatic heterocycles. The number of rotatable bonds is 7. The molecule has 0 bridgehead atoms. The first-order valence-corrected chi connectivity index (χ1v) is 7.89. The Morgan fingerprint density at radius 2 is 2.08 bits per heavy atom. The molecule has 0 aliphatic rings. The van der Waals surface area contributed by atoms with Gasteiger partial charge in [0.25, 0.3) is 0 Å². The zero-order valence-electron chi connectivity index (χ0n) is 14.6. The number of ether oxygens (including phenoxy) is 2. The van der Waals surface area contributed by atoms with Crippen LogP contribution in [0.1, 0.15) is 11.1 Å². The molecule has 0 saturated heterocycles. The number of methoxy groups -OCH3 is 2. The minimum atomic E-state index is 0.589. The minimum Gasteiger partial charge on any atom is -0.493 e. The summed E-state index contributed by atoms with van der Waals surface area (Å²) in [4.78, 5) is 8.50. The van der Waals surface area contributed by atoms with Crippen molar-refractivity contribution in [3.05, 3.63) is 48.4 Å². The smallest absolute Gasteiger partial charge is 0.186 e. The zero-order valence-corrected chi connectivity index (χ0v) is 14.6. The molecule has 0 radical (unpaired) electrons. The largest absolute Gasteiger partial charge is 0.493 e. The maximum Gasteiger partial charge on any atom is 0.186 e. The van der Waals surface area contributed by atoms with Crippen molar-refractivity contribution in [3.63, 3.8) is 0 Å². The van der Waals surface area contributed by atoms with Crippen molar-refractivity contribution in [3.8, 4) is 11.5 Å². The number of allylic oxidation sites excluding steroid dienone is 1. The van der Waals surface area contributed by atoms with Crippen molar-refractivity contribution in [1.82, 2.24) is 19.7 Å². The van der Waals surface area contributed by atoms with Gasteiger partial charge in [-0.05, 0) is 24.1 Å². The Balaban J connectivity index is 1.89. The van der Waals surface area contributed by atoms with Gasteiger partial charge in [-0.3, -0.25) is 4.68 Å². The van der Waals surface area contributed by atoms with E-state index in [1.807, 2.05) is 25.4 Å². The van der Waals surface area contributed by atoms with E-state index in [1.54, 1.807) is 18.9 Å². The number of hydrogen-bond donors (Lipinski definition) is 1. The Morgan fingerprint density at radius 1 is 1.24 bits per heavy atom. The molecule has 2 heterocycles. The van der Waals surface area contributed by atoms with Gasteiger partial charge in [0.1, 0.15) is 12.1 Å². The lowest BCUT2D eigenvalue weighted by atomic mass is 10.1. The number of hydrogen-bond acceptors (Lipinski definition) is 6. The molecule has 0 atom stereocenters. The van der Waals surface area contributed by atoms with Crippen LogP contribution in [0.4, 0.5) is 5.82 Å². The molecule has 7 nitrogen and oxygen atoms in total. The first kappa shape index (κ1) is 16.8. The third kappa shape index (κ3) is 3.40. The van der Waals surface area contributed by atoms with E-state index in [0.29, 0.717) is 24.4 Å². The van der Waals surface area contributed by atoms with E-state index < -0.39 is 0 Å². The van der Waals surface area contributed by atoms with Crippen molar-refractivity contribution in [2.75, 3.05) is 19.5 Å². The lowest BCUT2D eigenvalue weighted by Crippen LogP contribution is -2.04. The van der Waals surface area contributed by atoms with Crippen LogP contribution in [0.3, 0.4) is 0 Å². The van der Waals surface area contributed by atoms with E-state index in [4.69, 9.17) is 9.47 Å². The van der Waals surface area contributed by atoms with E-state index >= 15 is 0 Å². The van der Waals surface area contributed by atoms with Crippen LogP contribution in [0.25, 0.3) is 11.0 Å². The summed E-state index contributed by atoms with van der Waals surface area (Å²) in [5.74, 6) is 2.19. The summed E-state index contributed by atoms with van der Waals surface area (Å²) in [6.07, 6.45) is 5.96. The SMILES string of the molecule is C=CCc1cc(CNc2ncnc3nn(C)cc23)cc(OC)c1OC. The molecule has 0 saturated carbocycles. The average molecular weight is 339 g/mol. The van der Waals surface area contributed by atoms with Crippen LogP contribution < -0.4 is 14.8 Å². The standard InChI is InChI=1S/C18H21N5O2/c1-5-6-13-7-12(8-15(24-3)16(13)25-4)9-19-17-14-10-23(2)22-18(14)21-11-20-17/h5,7-8,10-11H,1,6,9H2,2-4H3,(H,19,20,21,22). The second kappa shape index (κ2) is 7.21. The number of fused-ring (bicyclic) bond motifs is 1. The fourth-order valence-electron chi connectivity index (χ4n) is 2.79. The van der Waals surface area contributed by atoms with E-state index in [9.17, 15) is 0 Å². The Kier molecular flexibility index (Phi) is 4.83. The summed E-state index contributed by atoms with van der Waals surface area (Å²) >= 11 is 0. The summed E-state index contributed by atoms with van der Waals surface area (Å²) in [7, 11) is 5.14. The molecule has 1 N–H and O–H groups in total. The highest BCUT2D eigenvalue weighted by Crippen LogP contribution is 2.33. The van der Waals surface area contributed by atoms with Crippen LogP contribution in [0.2, 0.25) is 0 Å². The molecule has 3 rings (SSSR count). The number of nitrogens with zero attached hydrogens (tertiary/aromatic N) is 4. The van der Waals surface area contributed by atoms with Crippen LogP contribution in [0.15, 0.2) is 37.3 Å². The van der Waals surface area contributed by atoms with Crippen molar-refractivity contribution >= 4 is 16.9 Å². The van der Waals surface area contributed by atoms with Gasteiger partial charge in [0.2, 0.25) is 0 Å². The highest BCUT2D eigenvalue weighted by Gasteiger charge is 2.12. The number of aromatic nitrogens is 4. The lowest BCUT2D eigenvalue weighted by molar-refractivity contribution is 0.352. The molecule has 3 aromatic rings.